The van der Waals surface area contributed by atoms with Gasteiger partial charge in [0.1, 0.15) is 5.75 Å². The third-order valence-electron chi connectivity index (χ3n) is 4.37. The Morgan fingerprint density at radius 1 is 1.00 bits per heavy atom. The fraction of sp³-hybridized carbons (Fsp3) is 0.667. The van der Waals surface area contributed by atoms with Gasteiger partial charge in [0.25, 0.3) is 0 Å². The van der Waals surface area contributed by atoms with Crippen LogP contribution in [0.4, 0.5) is 0 Å². The van der Waals surface area contributed by atoms with E-state index in [0.717, 1.165) is 42.9 Å². The molecule has 0 N–H and O–H groups in total. The first-order valence-electron chi connectivity index (χ1n) is 9.67. The van der Waals surface area contributed by atoms with Crippen molar-refractivity contribution in [1.29, 1.82) is 0 Å². The van der Waals surface area contributed by atoms with Gasteiger partial charge in [0.2, 0.25) is 0 Å². The number of hydrogen-bond donors (Lipinski definition) is 0. The minimum Gasteiger partial charge on any atom is -0.494 e. The van der Waals surface area contributed by atoms with E-state index >= 15 is 0 Å². The third kappa shape index (κ3) is 7.04. The Hall–Kier alpha value is -1.35. The van der Waals surface area contributed by atoms with E-state index in [9.17, 15) is 4.79 Å². The lowest BCUT2D eigenvalue weighted by atomic mass is 10.0. The molecule has 1 aromatic carbocycles. The highest BCUT2D eigenvalue weighted by molar-refractivity contribution is 5.96. The summed E-state index contributed by atoms with van der Waals surface area (Å²) in [7, 11) is 0. The maximum atomic E-state index is 12.6. The number of hydrogen-bond acceptors (Lipinski definition) is 3. The quantitative estimate of drug-likeness (QED) is 0.469. The average Bonchev–Trinajstić information content (AvgIpc) is 2.61. The second-order valence-electron chi connectivity index (χ2n) is 6.33. The van der Waals surface area contributed by atoms with Gasteiger partial charge in [0, 0.05) is 18.5 Å². The van der Waals surface area contributed by atoms with E-state index in [1.54, 1.807) is 0 Å². The predicted molar refractivity (Wildman–Crippen MR) is 102 cm³/mol. The summed E-state index contributed by atoms with van der Waals surface area (Å²) in [5, 5.41) is 0. The van der Waals surface area contributed by atoms with Crippen molar-refractivity contribution in [3.8, 4) is 5.75 Å². The highest BCUT2D eigenvalue weighted by atomic mass is 16.5. The summed E-state index contributed by atoms with van der Waals surface area (Å²) in [6.07, 6.45) is 6.31. The lowest BCUT2D eigenvalue weighted by Gasteiger charge is -2.21. The van der Waals surface area contributed by atoms with E-state index in [1.165, 1.54) is 25.7 Å². The molecule has 0 saturated carbocycles. The van der Waals surface area contributed by atoms with Crippen LogP contribution < -0.4 is 4.74 Å². The molecule has 3 heteroatoms. The molecule has 24 heavy (non-hydrogen) atoms. The van der Waals surface area contributed by atoms with Gasteiger partial charge in [-0.05, 0) is 63.0 Å². The molecule has 136 valence electrons. The summed E-state index contributed by atoms with van der Waals surface area (Å²) >= 11 is 0. The van der Waals surface area contributed by atoms with Crippen LogP contribution in [0.15, 0.2) is 18.2 Å². The molecule has 3 nitrogen and oxygen atoms in total. The van der Waals surface area contributed by atoms with Crippen molar-refractivity contribution in [2.75, 3.05) is 26.2 Å². The largest absolute Gasteiger partial charge is 0.494 e. The molecule has 1 aromatic rings. The number of nitrogens with zero attached hydrogens (tertiary/aromatic N) is 1. The molecule has 0 aromatic heterocycles. The van der Waals surface area contributed by atoms with Crippen LogP contribution in [0.5, 0.6) is 5.75 Å². The van der Waals surface area contributed by atoms with Crippen LogP contribution in [0.1, 0.15) is 75.7 Å². The number of Topliss-reactive ketones (excluding diaryl/α,β-unsaturated/α-hetero) is 1. The fourth-order valence-electron chi connectivity index (χ4n) is 2.83. The molecule has 0 radical (unpaired) electrons. The summed E-state index contributed by atoms with van der Waals surface area (Å²) in [6, 6.07) is 5.87. The monoisotopic (exact) mass is 333 g/mol. The van der Waals surface area contributed by atoms with Gasteiger partial charge in [0.05, 0.1) is 6.61 Å². The Morgan fingerprint density at radius 2 is 1.67 bits per heavy atom. The first-order chi connectivity index (χ1) is 11.7. The number of carbonyl (C=O) groups excluding carboxylic acids is 1. The Kier molecular flexibility index (Phi) is 10.4. The van der Waals surface area contributed by atoms with E-state index in [4.69, 9.17) is 4.74 Å². The van der Waals surface area contributed by atoms with E-state index in [2.05, 4.69) is 25.7 Å². The molecule has 0 bridgehead atoms. The molecule has 0 heterocycles. The molecule has 0 unspecified atom stereocenters. The first kappa shape index (κ1) is 20.7. The minimum atomic E-state index is 0.241. The van der Waals surface area contributed by atoms with Gasteiger partial charge in [-0.15, -0.1) is 0 Å². The van der Waals surface area contributed by atoms with Crippen molar-refractivity contribution in [3.63, 3.8) is 0 Å². The van der Waals surface area contributed by atoms with E-state index in [1.807, 2.05) is 25.1 Å². The van der Waals surface area contributed by atoms with Gasteiger partial charge in [-0.3, -0.25) is 4.79 Å². The number of carbonyl (C=O) groups is 1. The van der Waals surface area contributed by atoms with Gasteiger partial charge in [0.15, 0.2) is 5.78 Å². The van der Waals surface area contributed by atoms with Crippen molar-refractivity contribution >= 4 is 5.78 Å². The van der Waals surface area contributed by atoms with Gasteiger partial charge >= 0.3 is 0 Å². The second kappa shape index (κ2) is 12.1. The van der Waals surface area contributed by atoms with Crippen molar-refractivity contribution in [2.24, 2.45) is 0 Å². The summed E-state index contributed by atoms with van der Waals surface area (Å²) in [4.78, 5) is 15.0. The second-order valence-corrected chi connectivity index (χ2v) is 6.33. The average molecular weight is 334 g/mol. The summed E-state index contributed by atoms with van der Waals surface area (Å²) in [5.41, 5.74) is 1.94. The van der Waals surface area contributed by atoms with Crippen LogP contribution >= 0.6 is 0 Å². The van der Waals surface area contributed by atoms with Crippen LogP contribution in [-0.4, -0.2) is 36.9 Å². The highest BCUT2D eigenvalue weighted by Crippen LogP contribution is 2.21. The molecule has 0 aliphatic carbocycles. The van der Waals surface area contributed by atoms with E-state index in [0.29, 0.717) is 13.0 Å². The van der Waals surface area contributed by atoms with Gasteiger partial charge in [-0.25, -0.2) is 0 Å². The normalized spacial score (nSPS) is 11.0. The van der Waals surface area contributed by atoms with E-state index < -0.39 is 0 Å². The summed E-state index contributed by atoms with van der Waals surface area (Å²) in [6.45, 7) is 12.3. The van der Waals surface area contributed by atoms with Crippen molar-refractivity contribution in [1.82, 2.24) is 4.90 Å². The first-order valence-corrected chi connectivity index (χ1v) is 9.67. The lowest BCUT2D eigenvalue weighted by molar-refractivity contribution is 0.0963. The molecule has 1 rings (SSSR count). The van der Waals surface area contributed by atoms with Crippen LogP contribution in [0.3, 0.4) is 0 Å². The third-order valence-corrected chi connectivity index (χ3v) is 4.37. The van der Waals surface area contributed by atoms with Crippen molar-refractivity contribution < 1.29 is 9.53 Å². The maximum absolute atomic E-state index is 12.6. The molecule has 0 fully saturated rings. The SMILES string of the molecule is CCCCN(CCCC)CCC(=O)c1ccc(OCC)c(CC)c1. The minimum absolute atomic E-state index is 0.241. The zero-order valence-electron chi connectivity index (χ0n) is 16.1. The molecule has 0 spiro atoms. The number of unbranched alkanes of at least 4 members (excludes halogenated alkanes) is 2. The Morgan fingerprint density at radius 3 is 2.21 bits per heavy atom. The number of rotatable bonds is 13. The Bertz CT molecular complexity index is 477. The van der Waals surface area contributed by atoms with Crippen LogP contribution in [0, 0.1) is 0 Å². The lowest BCUT2D eigenvalue weighted by Crippen LogP contribution is -2.28. The highest BCUT2D eigenvalue weighted by Gasteiger charge is 2.12. The number of ether oxygens (including phenoxy) is 1. The van der Waals surface area contributed by atoms with Crippen molar-refractivity contribution in [2.45, 2.75) is 66.2 Å². The zero-order chi connectivity index (χ0) is 17.8. The molecule has 0 atom stereocenters. The fourth-order valence-corrected chi connectivity index (χ4v) is 2.83. The van der Waals surface area contributed by atoms with Crippen molar-refractivity contribution in [3.05, 3.63) is 29.3 Å². The van der Waals surface area contributed by atoms with Gasteiger partial charge < -0.3 is 9.64 Å². The zero-order valence-corrected chi connectivity index (χ0v) is 16.1. The van der Waals surface area contributed by atoms with Crippen LogP contribution in [-0.2, 0) is 6.42 Å². The van der Waals surface area contributed by atoms with E-state index in [-0.39, 0.29) is 5.78 Å². The maximum Gasteiger partial charge on any atom is 0.164 e. The summed E-state index contributed by atoms with van der Waals surface area (Å²) in [5.74, 6) is 1.15. The predicted octanol–water partition coefficient (Wildman–Crippen LogP) is 5.12. The molecule has 0 aliphatic rings. The number of ketones is 1. The number of benzene rings is 1. The Balaban J connectivity index is 2.64. The molecule has 0 saturated heterocycles. The topological polar surface area (TPSA) is 29.5 Å². The van der Waals surface area contributed by atoms with Gasteiger partial charge in [-0.1, -0.05) is 33.6 Å². The van der Waals surface area contributed by atoms with Gasteiger partial charge in [-0.2, -0.15) is 0 Å². The molecule has 0 amide bonds. The van der Waals surface area contributed by atoms with Crippen LogP contribution in [0.2, 0.25) is 0 Å². The summed E-state index contributed by atoms with van der Waals surface area (Å²) < 4.78 is 5.63. The molecule has 0 aliphatic heterocycles. The molecular formula is C21H35NO2. The standard InChI is InChI=1S/C21H35NO2/c1-5-9-14-22(15-10-6-2)16-13-20(23)19-11-12-21(24-8-4)18(7-3)17-19/h11-12,17H,5-10,13-16H2,1-4H3. The smallest absolute Gasteiger partial charge is 0.164 e. The number of aryl methyl sites for hydroxylation is 1. The molecular weight excluding hydrogens is 298 g/mol. The van der Waals surface area contributed by atoms with Crippen LogP contribution in [0.25, 0.3) is 0 Å². The Labute approximate surface area is 148 Å².